The molecule has 2 aromatic heterocycles. The summed E-state index contributed by atoms with van der Waals surface area (Å²) < 4.78 is 3.20. The van der Waals surface area contributed by atoms with E-state index in [1.807, 2.05) is 47.5 Å². The lowest BCUT2D eigenvalue weighted by Crippen LogP contribution is -2.32. The van der Waals surface area contributed by atoms with Crippen LogP contribution in [-0.2, 0) is 0 Å². The molecule has 138 valence electrons. The van der Waals surface area contributed by atoms with Gasteiger partial charge >= 0.3 is 0 Å². The Morgan fingerprint density at radius 3 is 2.63 bits per heavy atom. The summed E-state index contributed by atoms with van der Waals surface area (Å²) in [6.07, 6.45) is 3.84. The van der Waals surface area contributed by atoms with Gasteiger partial charge in [0, 0.05) is 34.8 Å². The maximum Gasteiger partial charge on any atom is 0.170 e. The summed E-state index contributed by atoms with van der Waals surface area (Å²) in [5, 5.41) is 13.6. The molecule has 2 N–H and O–H groups in total. The summed E-state index contributed by atoms with van der Waals surface area (Å²) in [6, 6.07) is 18.1. The summed E-state index contributed by atoms with van der Waals surface area (Å²) in [5.41, 5.74) is 3.09. The highest BCUT2D eigenvalue weighted by atomic mass is 79.9. The molecule has 4 rings (SSSR count). The number of halogens is 1. The molecule has 0 saturated carbocycles. The molecular weight excluding hydrogens is 424 g/mol. The van der Waals surface area contributed by atoms with E-state index < -0.39 is 0 Å². The lowest BCUT2D eigenvalue weighted by Gasteiger charge is -2.28. The minimum absolute atomic E-state index is 0.0340. The minimum atomic E-state index is -0.0886. The fourth-order valence-corrected chi connectivity index (χ4v) is 4.14. The van der Waals surface area contributed by atoms with Crippen molar-refractivity contribution in [3.63, 3.8) is 0 Å². The molecule has 1 fully saturated rings. The van der Waals surface area contributed by atoms with Gasteiger partial charge in [-0.1, -0.05) is 22.0 Å². The van der Waals surface area contributed by atoms with Gasteiger partial charge in [-0.2, -0.15) is 0 Å². The number of benzene rings is 1. The minimum Gasteiger partial charge on any atom is -0.395 e. The van der Waals surface area contributed by atoms with Crippen LogP contribution in [0, 0.1) is 0 Å². The summed E-state index contributed by atoms with van der Waals surface area (Å²) in [5.74, 6) is 0. The van der Waals surface area contributed by atoms with Crippen LogP contribution in [0.2, 0.25) is 0 Å². The topological polar surface area (TPSA) is 53.3 Å². The molecule has 0 bridgehead atoms. The van der Waals surface area contributed by atoms with Gasteiger partial charge in [0.05, 0.1) is 24.4 Å². The molecule has 1 saturated heterocycles. The highest BCUT2D eigenvalue weighted by Gasteiger charge is 2.40. The van der Waals surface area contributed by atoms with Crippen LogP contribution in [0.3, 0.4) is 0 Å². The number of rotatable bonds is 5. The standard InChI is InChI=1S/C20H19BrN4OS/c21-14-6-8-15(9-7-14)24-11-3-5-17(24)19-18(16-4-1-2-10-22-16)23-20(27)25(19)12-13-26/h1-11,18-19,26H,12-13H2,(H,23,27)/t18-,19-/m1/s1. The monoisotopic (exact) mass is 442 g/mol. The second-order valence-corrected chi connectivity index (χ2v) is 7.63. The fraction of sp³-hybridized carbons (Fsp3) is 0.200. The Kier molecular flexibility index (Phi) is 5.24. The number of aliphatic hydroxyl groups excluding tert-OH is 1. The van der Waals surface area contributed by atoms with Crippen LogP contribution in [0.5, 0.6) is 0 Å². The van der Waals surface area contributed by atoms with E-state index in [1.165, 1.54) is 0 Å². The molecule has 1 aromatic carbocycles. The summed E-state index contributed by atoms with van der Waals surface area (Å²) in [4.78, 5) is 6.58. The number of nitrogens with zero attached hydrogens (tertiary/aromatic N) is 3. The quantitative estimate of drug-likeness (QED) is 0.591. The summed E-state index contributed by atoms with van der Waals surface area (Å²) in [7, 11) is 0. The molecule has 0 unspecified atom stereocenters. The van der Waals surface area contributed by atoms with Crippen molar-refractivity contribution in [3.8, 4) is 5.69 Å². The molecule has 3 heterocycles. The summed E-state index contributed by atoms with van der Waals surface area (Å²) in [6.45, 7) is 0.498. The molecule has 7 heteroatoms. The van der Waals surface area contributed by atoms with Crippen LogP contribution >= 0.6 is 28.1 Å². The van der Waals surface area contributed by atoms with Gasteiger partial charge in [0.25, 0.3) is 0 Å². The Balaban J connectivity index is 1.80. The van der Waals surface area contributed by atoms with Crippen molar-refractivity contribution in [1.29, 1.82) is 0 Å². The lowest BCUT2D eigenvalue weighted by atomic mass is 10.0. The number of hydrogen-bond donors (Lipinski definition) is 2. The van der Waals surface area contributed by atoms with Gasteiger partial charge in [-0.05, 0) is 60.7 Å². The third-order valence-corrected chi connectivity index (χ3v) is 5.61. The zero-order valence-corrected chi connectivity index (χ0v) is 16.9. The van der Waals surface area contributed by atoms with Crippen molar-refractivity contribution in [3.05, 3.63) is 82.9 Å². The van der Waals surface area contributed by atoms with Crippen molar-refractivity contribution in [1.82, 2.24) is 19.8 Å². The zero-order chi connectivity index (χ0) is 18.8. The Morgan fingerprint density at radius 1 is 1.11 bits per heavy atom. The first-order chi connectivity index (χ1) is 13.2. The van der Waals surface area contributed by atoms with Gasteiger partial charge in [-0.25, -0.2) is 0 Å². The van der Waals surface area contributed by atoms with Crippen molar-refractivity contribution >= 4 is 33.3 Å². The zero-order valence-electron chi connectivity index (χ0n) is 14.5. The molecule has 27 heavy (non-hydrogen) atoms. The molecular formula is C20H19BrN4OS. The van der Waals surface area contributed by atoms with Crippen molar-refractivity contribution in [2.45, 2.75) is 12.1 Å². The van der Waals surface area contributed by atoms with Crippen LogP contribution in [0.4, 0.5) is 0 Å². The summed E-state index contributed by atoms with van der Waals surface area (Å²) >= 11 is 9.06. The Hall–Kier alpha value is -2.22. The van der Waals surface area contributed by atoms with E-state index in [4.69, 9.17) is 12.2 Å². The number of aliphatic hydroxyl groups is 1. The van der Waals surface area contributed by atoms with Gasteiger partial charge in [-0.15, -0.1) is 0 Å². The van der Waals surface area contributed by atoms with E-state index >= 15 is 0 Å². The van der Waals surface area contributed by atoms with Crippen LogP contribution in [0.25, 0.3) is 5.69 Å². The maximum absolute atomic E-state index is 9.58. The Morgan fingerprint density at radius 2 is 1.93 bits per heavy atom. The lowest BCUT2D eigenvalue weighted by molar-refractivity contribution is 0.220. The van der Waals surface area contributed by atoms with Crippen LogP contribution in [0.15, 0.2) is 71.5 Å². The molecule has 0 amide bonds. The molecule has 1 aliphatic heterocycles. The number of hydrogen-bond acceptors (Lipinski definition) is 3. The molecule has 0 aliphatic carbocycles. The molecule has 5 nitrogen and oxygen atoms in total. The van der Waals surface area contributed by atoms with Gasteiger partial charge in [-0.3, -0.25) is 4.98 Å². The van der Waals surface area contributed by atoms with Gasteiger partial charge in [0.2, 0.25) is 0 Å². The second-order valence-electron chi connectivity index (χ2n) is 6.32. The van der Waals surface area contributed by atoms with Crippen LogP contribution in [0.1, 0.15) is 23.5 Å². The van der Waals surface area contributed by atoms with Crippen LogP contribution < -0.4 is 5.32 Å². The maximum atomic E-state index is 9.58. The van der Waals surface area contributed by atoms with Crippen LogP contribution in [-0.4, -0.2) is 37.8 Å². The first kappa shape index (κ1) is 18.2. The number of β-amino-alcohol motifs (C(OH)–C–C–N with tert-alkyl or cyclic N) is 1. The largest absolute Gasteiger partial charge is 0.395 e. The Bertz CT molecular complexity index is 929. The van der Waals surface area contributed by atoms with E-state index in [0.29, 0.717) is 11.7 Å². The predicted molar refractivity (Wildman–Crippen MR) is 113 cm³/mol. The number of pyridine rings is 1. The van der Waals surface area contributed by atoms with Gasteiger partial charge < -0.3 is 19.9 Å². The highest BCUT2D eigenvalue weighted by molar-refractivity contribution is 9.10. The Labute approximate surface area is 171 Å². The average Bonchev–Trinajstić information content (AvgIpc) is 3.28. The van der Waals surface area contributed by atoms with E-state index in [2.05, 4.69) is 49.0 Å². The first-order valence-electron chi connectivity index (χ1n) is 8.71. The molecule has 0 spiro atoms. The van der Waals surface area contributed by atoms with Crippen molar-refractivity contribution in [2.75, 3.05) is 13.2 Å². The first-order valence-corrected chi connectivity index (χ1v) is 9.91. The second kappa shape index (κ2) is 7.80. The van der Waals surface area contributed by atoms with E-state index in [1.54, 1.807) is 6.20 Å². The average molecular weight is 443 g/mol. The van der Waals surface area contributed by atoms with Gasteiger partial charge in [0.15, 0.2) is 5.11 Å². The van der Waals surface area contributed by atoms with Crippen molar-refractivity contribution in [2.24, 2.45) is 0 Å². The molecule has 0 radical (unpaired) electrons. The van der Waals surface area contributed by atoms with E-state index in [-0.39, 0.29) is 18.7 Å². The number of aromatic nitrogens is 2. The molecule has 3 aromatic rings. The van der Waals surface area contributed by atoms with E-state index in [9.17, 15) is 5.11 Å². The number of thiocarbonyl (C=S) groups is 1. The highest BCUT2D eigenvalue weighted by Crippen LogP contribution is 2.39. The smallest absolute Gasteiger partial charge is 0.170 e. The fourth-order valence-electron chi connectivity index (χ4n) is 3.55. The SMILES string of the molecule is OCCN1C(=S)N[C@H](c2ccccn2)[C@H]1c1cccn1-c1ccc(Br)cc1. The van der Waals surface area contributed by atoms with E-state index in [0.717, 1.165) is 21.5 Å². The number of nitrogens with one attached hydrogen (secondary N) is 1. The van der Waals surface area contributed by atoms with Crippen molar-refractivity contribution < 1.29 is 5.11 Å². The van der Waals surface area contributed by atoms with Gasteiger partial charge in [0.1, 0.15) is 0 Å². The molecule has 2 atom stereocenters. The predicted octanol–water partition coefficient (Wildman–Crippen LogP) is 3.60. The molecule has 1 aliphatic rings. The third-order valence-electron chi connectivity index (χ3n) is 4.73. The normalized spacial score (nSPS) is 19.3. The third kappa shape index (κ3) is 3.50.